The number of allylic oxidation sites excluding steroid dienone is 1. The van der Waals surface area contributed by atoms with Crippen LogP contribution in [0.2, 0.25) is 0 Å². The van der Waals surface area contributed by atoms with E-state index in [1.54, 1.807) is 0 Å². The third-order valence-corrected chi connectivity index (χ3v) is 1.25. The molecular weight excluding hydrogens is 98.1 g/mol. The molecule has 0 atom stereocenters. The molecule has 0 bridgehead atoms. The molecule has 0 fully saturated rings. The van der Waals surface area contributed by atoms with Crippen LogP contribution in [0.25, 0.3) is 0 Å². The van der Waals surface area contributed by atoms with Gasteiger partial charge in [-0.3, -0.25) is 0 Å². The lowest BCUT2D eigenvalue weighted by molar-refractivity contribution is 0.385. The van der Waals surface area contributed by atoms with E-state index in [1.807, 2.05) is 6.08 Å². The summed E-state index contributed by atoms with van der Waals surface area (Å²) in [5, 5.41) is 0. The van der Waals surface area contributed by atoms with Gasteiger partial charge >= 0.3 is 0 Å². The number of rotatable bonds is 3. The molecule has 0 aromatic carbocycles. The Kier molecular flexibility index (Phi) is 2.77. The molecule has 0 aliphatic carbocycles. The molecule has 0 heterocycles. The highest BCUT2D eigenvalue weighted by Crippen LogP contribution is 2.17. The Morgan fingerprint density at radius 1 is 1.62 bits per heavy atom. The maximum Gasteiger partial charge on any atom is -0.00229 e. The van der Waals surface area contributed by atoms with Crippen LogP contribution in [0.5, 0.6) is 0 Å². The van der Waals surface area contributed by atoms with Crippen molar-refractivity contribution in [1.82, 2.24) is 0 Å². The molecule has 0 saturated heterocycles. The molecule has 0 spiro atoms. The van der Waals surface area contributed by atoms with E-state index in [2.05, 4.69) is 20.4 Å². The van der Waals surface area contributed by atoms with Crippen molar-refractivity contribution in [1.29, 1.82) is 0 Å². The highest BCUT2D eigenvalue weighted by molar-refractivity contribution is 4.79. The minimum absolute atomic E-state index is 0.252. The summed E-state index contributed by atoms with van der Waals surface area (Å²) < 4.78 is 0. The standard InChI is InChI=1S/C7H15N/c1-4-5-7(2,3)6-8/h4H,1,5-6,8H2,2-3H3. The van der Waals surface area contributed by atoms with Crippen LogP contribution in [0.1, 0.15) is 20.3 Å². The molecule has 0 saturated carbocycles. The Morgan fingerprint density at radius 3 is 2.25 bits per heavy atom. The molecule has 8 heavy (non-hydrogen) atoms. The average Bonchev–Trinajstić information content (AvgIpc) is 1.67. The molecule has 0 unspecified atom stereocenters. The van der Waals surface area contributed by atoms with Gasteiger partial charge in [0.1, 0.15) is 0 Å². The van der Waals surface area contributed by atoms with Crippen LogP contribution in [0, 0.1) is 5.41 Å². The van der Waals surface area contributed by atoms with Crippen LogP contribution in [0.4, 0.5) is 0 Å². The van der Waals surface area contributed by atoms with Gasteiger partial charge in [-0.25, -0.2) is 0 Å². The van der Waals surface area contributed by atoms with Crippen LogP contribution in [-0.4, -0.2) is 6.54 Å². The summed E-state index contributed by atoms with van der Waals surface area (Å²) in [7, 11) is 0. The zero-order valence-electron chi connectivity index (χ0n) is 5.78. The van der Waals surface area contributed by atoms with Crippen molar-refractivity contribution in [2.24, 2.45) is 11.1 Å². The van der Waals surface area contributed by atoms with Crippen LogP contribution in [-0.2, 0) is 0 Å². The largest absolute Gasteiger partial charge is 0.330 e. The quantitative estimate of drug-likeness (QED) is 0.552. The van der Waals surface area contributed by atoms with Crippen LogP contribution in [0.3, 0.4) is 0 Å². The van der Waals surface area contributed by atoms with Crippen molar-refractivity contribution in [2.75, 3.05) is 6.54 Å². The van der Waals surface area contributed by atoms with Gasteiger partial charge in [-0.15, -0.1) is 6.58 Å². The van der Waals surface area contributed by atoms with E-state index in [9.17, 15) is 0 Å². The SMILES string of the molecule is C=CCC(C)(C)CN. The third kappa shape index (κ3) is 2.80. The fourth-order valence-electron chi connectivity index (χ4n) is 0.474. The van der Waals surface area contributed by atoms with Crippen molar-refractivity contribution in [2.45, 2.75) is 20.3 Å². The van der Waals surface area contributed by atoms with E-state index < -0.39 is 0 Å². The van der Waals surface area contributed by atoms with Gasteiger partial charge in [-0.1, -0.05) is 19.9 Å². The van der Waals surface area contributed by atoms with Gasteiger partial charge in [-0.05, 0) is 18.4 Å². The third-order valence-electron chi connectivity index (χ3n) is 1.25. The monoisotopic (exact) mass is 113 g/mol. The van der Waals surface area contributed by atoms with E-state index in [1.165, 1.54) is 0 Å². The van der Waals surface area contributed by atoms with E-state index in [0.29, 0.717) is 0 Å². The Bertz CT molecular complexity index is 74.5. The minimum Gasteiger partial charge on any atom is -0.330 e. The summed E-state index contributed by atoms with van der Waals surface area (Å²) in [6.45, 7) is 8.64. The van der Waals surface area contributed by atoms with Gasteiger partial charge in [0.25, 0.3) is 0 Å². The van der Waals surface area contributed by atoms with E-state index in [0.717, 1.165) is 13.0 Å². The van der Waals surface area contributed by atoms with Crippen molar-refractivity contribution in [3.8, 4) is 0 Å². The van der Waals surface area contributed by atoms with Gasteiger partial charge in [0, 0.05) is 0 Å². The summed E-state index contributed by atoms with van der Waals surface area (Å²) in [6.07, 6.45) is 2.91. The van der Waals surface area contributed by atoms with Gasteiger partial charge in [0.15, 0.2) is 0 Å². The molecule has 0 amide bonds. The first kappa shape index (κ1) is 7.70. The highest BCUT2D eigenvalue weighted by Gasteiger charge is 2.11. The Morgan fingerprint density at radius 2 is 2.12 bits per heavy atom. The highest BCUT2D eigenvalue weighted by atomic mass is 14.6. The van der Waals surface area contributed by atoms with Gasteiger partial charge in [0.2, 0.25) is 0 Å². The Hall–Kier alpha value is -0.300. The van der Waals surface area contributed by atoms with Gasteiger partial charge in [-0.2, -0.15) is 0 Å². The Balaban J connectivity index is 3.53. The predicted molar refractivity (Wildman–Crippen MR) is 37.6 cm³/mol. The second kappa shape index (κ2) is 2.88. The summed E-state index contributed by atoms with van der Waals surface area (Å²) in [5.41, 5.74) is 5.70. The number of nitrogens with two attached hydrogens (primary N) is 1. The molecule has 1 heteroatoms. The number of hydrogen-bond acceptors (Lipinski definition) is 1. The lowest BCUT2D eigenvalue weighted by Crippen LogP contribution is -2.22. The molecule has 0 aromatic rings. The smallest absolute Gasteiger partial charge is 0.00229 e. The summed E-state index contributed by atoms with van der Waals surface area (Å²) in [4.78, 5) is 0. The molecule has 0 aliphatic rings. The zero-order chi connectivity index (χ0) is 6.62. The summed E-state index contributed by atoms with van der Waals surface area (Å²) >= 11 is 0. The first-order valence-electron chi connectivity index (χ1n) is 2.93. The molecular formula is C7H15N. The normalized spacial score (nSPS) is 11.4. The zero-order valence-corrected chi connectivity index (χ0v) is 5.78. The minimum atomic E-state index is 0.252. The lowest BCUT2D eigenvalue weighted by Gasteiger charge is -2.18. The molecule has 0 aliphatic heterocycles. The van der Waals surface area contributed by atoms with Crippen LogP contribution in [0.15, 0.2) is 12.7 Å². The van der Waals surface area contributed by atoms with Crippen LogP contribution >= 0.6 is 0 Å². The van der Waals surface area contributed by atoms with Crippen molar-refractivity contribution >= 4 is 0 Å². The fraction of sp³-hybridized carbons (Fsp3) is 0.714. The first-order valence-corrected chi connectivity index (χ1v) is 2.93. The second-order valence-corrected chi connectivity index (χ2v) is 2.86. The maximum absolute atomic E-state index is 5.44. The Labute approximate surface area is 51.6 Å². The van der Waals surface area contributed by atoms with Crippen LogP contribution < -0.4 is 5.73 Å². The predicted octanol–water partition coefficient (Wildman–Crippen LogP) is 1.55. The molecule has 1 nitrogen and oxygen atoms in total. The second-order valence-electron chi connectivity index (χ2n) is 2.86. The van der Waals surface area contributed by atoms with Gasteiger partial charge < -0.3 is 5.73 Å². The summed E-state index contributed by atoms with van der Waals surface area (Å²) in [5.74, 6) is 0. The molecule has 48 valence electrons. The molecule has 2 N–H and O–H groups in total. The number of hydrogen-bond donors (Lipinski definition) is 1. The average molecular weight is 113 g/mol. The van der Waals surface area contributed by atoms with Crippen molar-refractivity contribution in [3.05, 3.63) is 12.7 Å². The van der Waals surface area contributed by atoms with E-state index in [-0.39, 0.29) is 5.41 Å². The van der Waals surface area contributed by atoms with Gasteiger partial charge in [0.05, 0.1) is 0 Å². The lowest BCUT2D eigenvalue weighted by atomic mass is 9.90. The molecule has 0 radical (unpaired) electrons. The fourth-order valence-corrected chi connectivity index (χ4v) is 0.474. The summed E-state index contributed by atoms with van der Waals surface area (Å²) in [6, 6.07) is 0. The first-order chi connectivity index (χ1) is 3.62. The molecule has 0 aromatic heterocycles. The van der Waals surface area contributed by atoms with E-state index in [4.69, 9.17) is 5.73 Å². The topological polar surface area (TPSA) is 26.0 Å². The molecule has 0 rings (SSSR count). The maximum atomic E-state index is 5.44. The van der Waals surface area contributed by atoms with Crippen molar-refractivity contribution < 1.29 is 0 Å². The van der Waals surface area contributed by atoms with Crippen molar-refractivity contribution in [3.63, 3.8) is 0 Å². The van der Waals surface area contributed by atoms with E-state index >= 15 is 0 Å².